The van der Waals surface area contributed by atoms with Gasteiger partial charge in [0.15, 0.2) is 28.8 Å². The number of hydrogen-bond donors (Lipinski definition) is 3. The number of nitrogens with one attached hydrogen (secondary N) is 1. The molecule has 0 saturated carbocycles. The Hall–Kier alpha value is -4.27. The fourth-order valence-electron chi connectivity index (χ4n) is 4.46. The van der Waals surface area contributed by atoms with E-state index in [4.69, 9.17) is 9.47 Å². The molecule has 0 radical (unpaired) electrons. The predicted molar refractivity (Wildman–Crippen MR) is 119 cm³/mol. The zero-order valence-corrected chi connectivity index (χ0v) is 18.1. The van der Waals surface area contributed by atoms with E-state index in [9.17, 15) is 19.8 Å². The highest BCUT2D eigenvalue weighted by atomic mass is 16.5. The number of carbonyl (C=O) groups is 1. The summed E-state index contributed by atoms with van der Waals surface area (Å²) in [6.07, 6.45) is 6.15. The van der Waals surface area contributed by atoms with Gasteiger partial charge < -0.3 is 24.3 Å². The molecule has 0 bridgehead atoms. The highest BCUT2D eigenvalue weighted by Gasteiger charge is 2.34. The van der Waals surface area contributed by atoms with Crippen LogP contribution in [0.3, 0.4) is 0 Å². The van der Waals surface area contributed by atoms with Crippen LogP contribution in [0.5, 0.6) is 23.0 Å². The maximum Gasteiger partial charge on any atom is 0.259 e. The number of ketones is 1. The van der Waals surface area contributed by atoms with Crippen LogP contribution in [0.1, 0.15) is 22.3 Å². The number of phenolic OH excluding ortho intramolecular Hbond substituents is 2. The number of H-pyrrole nitrogens is 1. The number of rotatable bonds is 6. The zero-order chi connectivity index (χ0) is 23.3. The average Bonchev–Trinajstić information content (AvgIpc) is 3.42. The van der Waals surface area contributed by atoms with Crippen molar-refractivity contribution >= 4 is 16.6 Å². The summed E-state index contributed by atoms with van der Waals surface area (Å²) < 4.78 is 14.3. The van der Waals surface area contributed by atoms with Crippen molar-refractivity contribution in [3.8, 4) is 34.3 Å². The summed E-state index contributed by atoms with van der Waals surface area (Å²) in [5.74, 6) is -0.307. The van der Waals surface area contributed by atoms with Crippen LogP contribution in [0, 0.1) is 0 Å². The van der Waals surface area contributed by atoms with Crippen LogP contribution >= 0.6 is 0 Å². The second-order valence-electron chi connectivity index (χ2n) is 7.85. The van der Waals surface area contributed by atoms with Crippen LogP contribution in [-0.2, 0) is 13.1 Å². The van der Waals surface area contributed by atoms with E-state index in [0.29, 0.717) is 58.6 Å². The van der Waals surface area contributed by atoms with Gasteiger partial charge in [-0.25, -0.2) is 4.57 Å². The quantitative estimate of drug-likeness (QED) is 0.271. The van der Waals surface area contributed by atoms with Crippen molar-refractivity contribution in [1.29, 1.82) is 0 Å². The van der Waals surface area contributed by atoms with Crippen LogP contribution in [0.25, 0.3) is 22.0 Å². The predicted octanol–water partition coefficient (Wildman–Crippen LogP) is 2.35. The number of hydrogen-bond acceptors (Lipinski definition) is 6. The molecule has 33 heavy (non-hydrogen) atoms. The third kappa shape index (κ3) is 3.12. The number of fused-ring (bicyclic) bond motifs is 5. The minimum absolute atomic E-state index is 0.232. The maximum absolute atomic E-state index is 13.6. The minimum Gasteiger partial charge on any atom is -0.504 e. The molecule has 0 atom stereocenters. The molecular weight excluding hydrogens is 426 g/mol. The number of ether oxygens (including phenoxy) is 2. The van der Waals surface area contributed by atoms with Crippen LogP contribution in [0.15, 0.2) is 47.8 Å². The molecule has 0 amide bonds. The monoisotopic (exact) mass is 448 g/mol. The summed E-state index contributed by atoms with van der Waals surface area (Å²) in [6, 6.07) is 5.78. The van der Waals surface area contributed by atoms with Crippen molar-refractivity contribution in [3.05, 3.63) is 64.5 Å². The number of aromatic amines is 1. The molecule has 0 fully saturated rings. The van der Waals surface area contributed by atoms with Crippen LogP contribution in [0.4, 0.5) is 0 Å². The second-order valence-corrected chi connectivity index (χ2v) is 7.85. The number of aryl methyl sites for hydroxylation is 1. The van der Waals surface area contributed by atoms with Crippen molar-refractivity contribution in [2.24, 2.45) is 0 Å². The van der Waals surface area contributed by atoms with Crippen molar-refractivity contribution in [1.82, 2.24) is 9.55 Å². The molecule has 0 unspecified atom stereocenters. The lowest BCUT2D eigenvalue weighted by molar-refractivity contribution is -0.696. The van der Waals surface area contributed by atoms with Gasteiger partial charge in [0.2, 0.25) is 6.33 Å². The summed E-state index contributed by atoms with van der Waals surface area (Å²) in [5.41, 5.74) is 1.12. The fourth-order valence-corrected chi connectivity index (χ4v) is 4.46. The zero-order valence-electron chi connectivity index (χ0n) is 18.1. The number of aromatic hydroxyl groups is 2. The van der Waals surface area contributed by atoms with Gasteiger partial charge in [0.1, 0.15) is 12.4 Å². The first-order valence-corrected chi connectivity index (χ1v) is 10.4. The Kier molecular flexibility index (Phi) is 4.81. The summed E-state index contributed by atoms with van der Waals surface area (Å²) in [6.45, 7) is 1.01. The first kappa shape index (κ1) is 20.6. The van der Waals surface area contributed by atoms with Gasteiger partial charge in [-0.2, -0.15) is 0 Å². The Labute approximate surface area is 188 Å². The number of nitrogens with zero attached hydrogens (tertiary/aromatic N) is 2. The molecule has 9 heteroatoms. The lowest BCUT2D eigenvalue weighted by Gasteiger charge is -2.16. The van der Waals surface area contributed by atoms with Gasteiger partial charge >= 0.3 is 0 Å². The number of aromatic nitrogens is 3. The molecule has 2 aromatic heterocycles. The molecule has 0 spiro atoms. The standard InChI is InChI=1S/C24H21N3O6/c1-32-19-10-13-16(11-20(19)33-2)24(31)27(6-3-5-26-7-4-25-12-26)22-14-8-17(28)18(29)9-15(14)23(30)21(13)22/h4,7-12H,3,5-6H2,1-2H3,(H2,28,29,30,31)/p+1. The molecule has 3 N–H and O–H groups in total. The topological polar surface area (TPSA) is 118 Å². The molecular formula is C24H22N3O6+. The molecule has 0 aliphatic heterocycles. The van der Waals surface area contributed by atoms with E-state index in [1.165, 1.54) is 26.4 Å². The van der Waals surface area contributed by atoms with Crippen molar-refractivity contribution in [2.75, 3.05) is 14.2 Å². The Bertz CT molecular complexity index is 1470. The third-order valence-corrected chi connectivity index (χ3v) is 6.02. The van der Waals surface area contributed by atoms with Gasteiger partial charge in [0.05, 0.1) is 37.4 Å². The summed E-state index contributed by atoms with van der Waals surface area (Å²) in [5, 5.41) is 20.9. The number of imidazole rings is 1. The molecule has 2 aromatic carbocycles. The van der Waals surface area contributed by atoms with Crippen molar-refractivity contribution < 1.29 is 29.0 Å². The van der Waals surface area contributed by atoms with Crippen LogP contribution in [-0.4, -0.2) is 39.8 Å². The number of carbonyl (C=O) groups excluding carboxylic acids is 1. The fraction of sp³-hybridized carbons (Fsp3) is 0.208. The summed E-state index contributed by atoms with van der Waals surface area (Å²) in [4.78, 5) is 30.1. The normalized spacial score (nSPS) is 12.1. The molecule has 1 aliphatic rings. The van der Waals surface area contributed by atoms with Gasteiger partial charge in [-0.3, -0.25) is 14.6 Å². The van der Waals surface area contributed by atoms with E-state index in [0.717, 1.165) is 0 Å². The summed E-state index contributed by atoms with van der Waals surface area (Å²) in [7, 11) is 2.96. The van der Waals surface area contributed by atoms with Crippen LogP contribution < -0.4 is 19.6 Å². The molecule has 2 heterocycles. The Balaban J connectivity index is 1.77. The molecule has 168 valence electrons. The summed E-state index contributed by atoms with van der Waals surface area (Å²) >= 11 is 0. The second kappa shape index (κ2) is 7.70. The molecule has 5 rings (SSSR count). The first-order valence-electron chi connectivity index (χ1n) is 10.4. The largest absolute Gasteiger partial charge is 0.504 e. The van der Waals surface area contributed by atoms with Gasteiger partial charge in [-0.1, -0.05) is 0 Å². The SMILES string of the molecule is COc1cc2c3c(n(CCC[n+]4cc[nH]c4)c(=O)c2cc1OC)-c1cc(O)c(O)cc1C3=O. The molecule has 4 aromatic rings. The number of benzene rings is 2. The van der Waals surface area contributed by atoms with Crippen molar-refractivity contribution in [2.45, 2.75) is 19.5 Å². The number of pyridine rings is 1. The Morgan fingerprint density at radius 1 is 0.970 bits per heavy atom. The van der Waals surface area contributed by atoms with Gasteiger partial charge in [-0.15, -0.1) is 0 Å². The van der Waals surface area contributed by atoms with E-state index in [-0.39, 0.29) is 22.7 Å². The molecule has 0 saturated heterocycles. The van der Waals surface area contributed by atoms with E-state index >= 15 is 0 Å². The highest BCUT2D eigenvalue weighted by Crippen LogP contribution is 2.45. The minimum atomic E-state index is -0.392. The number of phenols is 2. The first-order chi connectivity index (χ1) is 15.9. The highest BCUT2D eigenvalue weighted by molar-refractivity contribution is 6.27. The Morgan fingerprint density at radius 2 is 1.64 bits per heavy atom. The van der Waals surface area contributed by atoms with Crippen molar-refractivity contribution in [3.63, 3.8) is 0 Å². The van der Waals surface area contributed by atoms with E-state index in [1.807, 2.05) is 23.3 Å². The smallest absolute Gasteiger partial charge is 0.259 e. The molecule has 9 nitrogen and oxygen atoms in total. The van der Waals surface area contributed by atoms with E-state index < -0.39 is 5.75 Å². The average molecular weight is 448 g/mol. The van der Waals surface area contributed by atoms with Gasteiger partial charge in [0.25, 0.3) is 5.56 Å². The third-order valence-electron chi connectivity index (χ3n) is 6.02. The van der Waals surface area contributed by atoms with E-state index in [2.05, 4.69) is 4.98 Å². The lowest BCUT2D eigenvalue weighted by atomic mass is 10.0. The van der Waals surface area contributed by atoms with Gasteiger partial charge in [0, 0.05) is 29.5 Å². The number of methoxy groups -OCH3 is 2. The maximum atomic E-state index is 13.6. The molecule has 1 aliphatic carbocycles. The van der Waals surface area contributed by atoms with Gasteiger partial charge in [-0.05, 0) is 24.3 Å². The Morgan fingerprint density at radius 3 is 2.27 bits per heavy atom. The van der Waals surface area contributed by atoms with E-state index in [1.54, 1.807) is 16.7 Å². The van der Waals surface area contributed by atoms with Crippen LogP contribution in [0.2, 0.25) is 0 Å². The lowest BCUT2D eigenvalue weighted by Crippen LogP contribution is -2.32.